The minimum absolute atomic E-state index is 0.0174. The Morgan fingerprint density at radius 2 is 1.09 bits per heavy atom. The molecular formula is C38H60F2N8O5. The van der Waals surface area contributed by atoms with Crippen LogP contribution in [0.5, 0.6) is 0 Å². The first-order valence-corrected chi connectivity index (χ1v) is 18.2. The fourth-order valence-electron chi connectivity index (χ4n) is 5.74. The molecule has 0 unspecified atom stereocenters. The number of nitrogens with one attached hydrogen (secondary N) is 4. The number of nitrogens with zero attached hydrogens (tertiary/aromatic N) is 4. The van der Waals surface area contributed by atoms with Gasteiger partial charge in [0.05, 0.1) is 36.6 Å². The maximum absolute atomic E-state index is 16.5. The van der Waals surface area contributed by atoms with Crippen molar-refractivity contribution in [1.29, 1.82) is 0 Å². The Kier molecular flexibility index (Phi) is 17.5. The fraction of sp³-hybridized carbons (Fsp3) is 0.632. The number of aliphatic hydroxyl groups excluding tert-OH is 1. The number of alkyl halides is 2. The molecule has 0 saturated carbocycles. The molecule has 13 nitrogen and oxygen atoms in total. The molecule has 2 aromatic heterocycles. The maximum Gasteiger partial charge on any atom is 0.318 e. The van der Waals surface area contributed by atoms with Gasteiger partial charge < -0.3 is 36.2 Å². The van der Waals surface area contributed by atoms with Crippen molar-refractivity contribution in [3.8, 4) is 0 Å². The average Bonchev–Trinajstić information content (AvgIpc) is 3.08. The average molecular weight is 747 g/mol. The van der Waals surface area contributed by atoms with Crippen molar-refractivity contribution in [2.45, 2.75) is 118 Å². The molecule has 0 bridgehead atoms. The Balaban J connectivity index is 2.26. The Bertz CT molecular complexity index is 1450. The maximum atomic E-state index is 16.5. The second kappa shape index (κ2) is 20.7. The van der Waals surface area contributed by atoms with Gasteiger partial charge in [-0.25, -0.2) is 18.4 Å². The van der Waals surface area contributed by atoms with Gasteiger partial charge in [-0.2, -0.15) is 0 Å². The summed E-state index contributed by atoms with van der Waals surface area (Å²) in [5.74, 6) is -6.94. The summed E-state index contributed by atoms with van der Waals surface area (Å²) in [5.41, 5.74) is 1.26. The molecule has 0 spiro atoms. The number of aliphatic hydroxyl groups is 1. The van der Waals surface area contributed by atoms with Gasteiger partial charge in [0.25, 0.3) is 5.92 Å². The molecule has 6 amide bonds. The Labute approximate surface area is 313 Å². The standard InChI is InChI=1S/C38H60F2N8O5/c1-23(2)19-29(43-34(50)31(25(5)6)45-36(52)47(9)21-27-15-11-13-17-41-27)33(49)38(39,40)30(20-24(3)4)44-35(51)32(26(7)8)46-37(53)48(10)22-28-16-12-14-18-42-28/h11-18,23-26,29-33,49H,19-22H2,1-10H3,(H,43,50)(H,44,51)(H,45,52)(H,46,53)/t29-,30-,31-,32-,33+/m0/s1. The summed E-state index contributed by atoms with van der Waals surface area (Å²) in [5, 5.41) is 21.8. The Hall–Kier alpha value is -4.40. The van der Waals surface area contributed by atoms with Gasteiger partial charge in [-0.1, -0.05) is 67.5 Å². The van der Waals surface area contributed by atoms with Crippen LogP contribution >= 0.6 is 0 Å². The summed E-state index contributed by atoms with van der Waals surface area (Å²) in [4.78, 5) is 64.5. The molecule has 0 saturated heterocycles. The van der Waals surface area contributed by atoms with Crippen molar-refractivity contribution < 1.29 is 33.1 Å². The van der Waals surface area contributed by atoms with E-state index in [1.165, 1.54) is 16.8 Å². The number of urea groups is 2. The fourth-order valence-corrected chi connectivity index (χ4v) is 5.74. The van der Waals surface area contributed by atoms with Gasteiger partial charge >= 0.3 is 12.1 Å². The quantitative estimate of drug-likeness (QED) is 0.140. The van der Waals surface area contributed by atoms with E-state index in [2.05, 4.69) is 31.2 Å². The molecule has 2 rings (SSSR count). The monoisotopic (exact) mass is 746 g/mol. The normalized spacial score (nSPS) is 14.7. The number of aromatic nitrogens is 2. The van der Waals surface area contributed by atoms with Crippen LogP contribution in [-0.2, 0) is 22.7 Å². The van der Waals surface area contributed by atoms with Crippen LogP contribution in [0, 0.1) is 23.7 Å². The van der Waals surface area contributed by atoms with Crippen LogP contribution in [0.15, 0.2) is 48.8 Å². The van der Waals surface area contributed by atoms with E-state index in [-0.39, 0.29) is 37.8 Å². The minimum atomic E-state index is -3.92. The van der Waals surface area contributed by atoms with Crippen LogP contribution in [-0.4, -0.2) is 99.0 Å². The molecule has 5 N–H and O–H groups in total. The van der Waals surface area contributed by atoms with Gasteiger partial charge in [0.1, 0.15) is 18.2 Å². The second-order valence-electron chi connectivity index (χ2n) is 15.3. The van der Waals surface area contributed by atoms with Crippen molar-refractivity contribution >= 4 is 23.9 Å². The van der Waals surface area contributed by atoms with Crippen LogP contribution in [0.1, 0.15) is 79.6 Å². The number of halogens is 2. The van der Waals surface area contributed by atoms with Crippen LogP contribution in [0.4, 0.5) is 18.4 Å². The van der Waals surface area contributed by atoms with Gasteiger partial charge in [-0.05, 0) is 60.8 Å². The van der Waals surface area contributed by atoms with Gasteiger partial charge in [-0.3, -0.25) is 19.6 Å². The number of carbonyl (C=O) groups excluding carboxylic acids is 4. The van der Waals surface area contributed by atoms with E-state index in [1.807, 2.05) is 0 Å². The predicted molar refractivity (Wildman–Crippen MR) is 199 cm³/mol. The minimum Gasteiger partial charge on any atom is -0.385 e. The zero-order valence-corrected chi connectivity index (χ0v) is 32.8. The SMILES string of the molecule is CC(C)C[C@H](NC(=O)[C@@H](NC(=O)N(C)Cc1ccccn1)C(C)C)[C@@H](O)C(F)(F)[C@H](CC(C)C)NC(=O)[C@@H](NC(=O)N(C)Cc1ccccn1)C(C)C. The Morgan fingerprint density at radius 3 is 1.45 bits per heavy atom. The van der Waals surface area contributed by atoms with Crippen LogP contribution in [0.2, 0.25) is 0 Å². The summed E-state index contributed by atoms with van der Waals surface area (Å²) in [7, 11) is 3.08. The number of pyridine rings is 2. The molecule has 0 aliphatic heterocycles. The third-order valence-electron chi connectivity index (χ3n) is 8.72. The summed E-state index contributed by atoms with van der Waals surface area (Å²) >= 11 is 0. The predicted octanol–water partition coefficient (Wildman–Crippen LogP) is 4.57. The highest BCUT2D eigenvalue weighted by atomic mass is 19.3. The number of hydrogen-bond acceptors (Lipinski definition) is 7. The van der Waals surface area contributed by atoms with Gasteiger partial charge in [0.15, 0.2) is 0 Å². The van der Waals surface area contributed by atoms with Crippen LogP contribution in [0.3, 0.4) is 0 Å². The highest BCUT2D eigenvalue weighted by molar-refractivity contribution is 5.88. The topological polar surface area (TPSA) is 169 Å². The Morgan fingerprint density at radius 1 is 0.679 bits per heavy atom. The first kappa shape index (κ1) is 44.8. The summed E-state index contributed by atoms with van der Waals surface area (Å²) in [6, 6.07) is 3.85. The second-order valence-corrected chi connectivity index (χ2v) is 15.3. The van der Waals surface area contributed by atoms with Crippen molar-refractivity contribution in [3.63, 3.8) is 0 Å². The third-order valence-corrected chi connectivity index (χ3v) is 8.72. The zero-order chi connectivity index (χ0) is 40.0. The molecule has 2 aromatic rings. The molecule has 53 heavy (non-hydrogen) atoms. The third kappa shape index (κ3) is 14.2. The van der Waals surface area contributed by atoms with Crippen molar-refractivity contribution in [3.05, 3.63) is 60.2 Å². The molecular weight excluding hydrogens is 686 g/mol. The molecule has 0 radical (unpaired) electrons. The molecule has 5 atom stereocenters. The molecule has 2 heterocycles. The largest absolute Gasteiger partial charge is 0.385 e. The van der Waals surface area contributed by atoms with Gasteiger partial charge in [-0.15, -0.1) is 0 Å². The highest BCUT2D eigenvalue weighted by Crippen LogP contribution is 2.31. The first-order chi connectivity index (χ1) is 24.7. The lowest BCUT2D eigenvalue weighted by Crippen LogP contribution is -2.64. The van der Waals surface area contributed by atoms with E-state index >= 15 is 8.78 Å². The van der Waals surface area contributed by atoms with Crippen molar-refractivity contribution in [1.82, 2.24) is 41.0 Å². The van der Waals surface area contributed by atoms with E-state index in [1.54, 1.807) is 111 Å². The van der Waals surface area contributed by atoms with E-state index in [0.29, 0.717) is 11.4 Å². The molecule has 0 aromatic carbocycles. The lowest BCUT2D eigenvalue weighted by atomic mass is 9.88. The highest BCUT2D eigenvalue weighted by Gasteiger charge is 2.51. The zero-order valence-electron chi connectivity index (χ0n) is 32.8. The summed E-state index contributed by atoms with van der Waals surface area (Å²) < 4.78 is 33.1. The summed E-state index contributed by atoms with van der Waals surface area (Å²) in [6.45, 7) is 14.1. The molecule has 0 aliphatic rings. The molecule has 0 aliphatic carbocycles. The van der Waals surface area contributed by atoms with E-state index in [4.69, 9.17) is 0 Å². The number of hydrogen-bond donors (Lipinski definition) is 5. The summed E-state index contributed by atoms with van der Waals surface area (Å²) in [6.07, 6.45) is 0.562. The first-order valence-electron chi connectivity index (χ1n) is 18.2. The number of amides is 6. The molecule has 0 fully saturated rings. The smallest absolute Gasteiger partial charge is 0.318 e. The van der Waals surface area contributed by atoms with Crippen LogP contribution in [0.25, 0.3) is 0 Å². The van der Waals surface area contributed by atoms with Crippen molar-refractivity contribution in [2.24, 2.45) is 23.7 Å². The lowest BCUT2D eigenvalue weighted by Gasteiger charge is -2.38. The van der Waals surface area contributed by atoms with E-state index < -0.39 is 71.9 Å². The molecule has 15 heteroatoms. The van der Waals surface area contributed by atoms with E-state index in [0.717, 1.165) is 0 Å². The van der Waals surface area contributed by atoms with Crippen LogP contribution < -0.4 is 21.3 Å². The van der Waals surface area contributed by atoms with Gasteiger partial charge in [0, 0.05) is 26.5 Å². The van der Waals surface area contributed by atoms with E-state index in [9.17, 15) is 24.3 Å². The van der Waals surface area contributed by atoms with Gasteiger partial charge in [0.2, 0.25) is 11.8 Å². The number of rotatable bonds is 19. The number of carbonyl (C=O) groups is 4. The molecule has 296 valence electrons. The van der Waals surface area contributed by atoms with Crippen molar-refractivity contribution in [2.75, 3.05) is 14.1 Å². The lowest BCUT2D eigenvalue weighted by molar-refractivity contribution is -0.158.